The molecule has 0 aromatic heterocycles. The van der Waals surface area contributed by atoms with Crippen LogP contribution in [0.3, 0.4) is 0 Å². The third kappa shape index (κ3) is 8.00. The van der Waals surface area contributed by atoms with Gasteiger partial charge in [-0.05, 0) is 53.2 Å². The number of amides is 2. The molecule has 8 nitrogen and oxygen atoms in total. The first kappa shape index (κ1) is 27.0. The Bertz CT molecular complexity index is 1090. The Hall–Kier alpha value is -3.55. The molecule has 0 fully saturated rings. The van der Waals surface area contributed by atoms with Crippen LogP contribution in [0.2, 0.25) is 0 Å². The Morgan fingerprint density at radius 1 is 1.00 bits per heavy atom. The van der Waals surface area contributed by atoms with Crippen LogP contribution in [0.4, 0.5) is 4.79 Å². The number of fused-ring (bicyclic) bond motifs is 1. The lowest BCUT2D eigenvalue weighted by Gasteiger charge is -2.28. The molecule has 8 heteroatoms. The molecule has 0 saturated carbocycles. The highest BCUT2D eigenvalue weighted by Gasteiger charge is 2.30. The van der Waals surface area contributed by atoms with Crippen molar-refractivity contribution < 1.29 is 28.6 Å². The van der Waals surface area contributed by atoms with E-state index in [1.54, 1.807) is 39.0 Å². The smallest absolute Gasteiger partial charge is 0.410 e. The first-order valence-electron chi connectivity index (χ1n) is 12.1. The van der Waals surface area contributed by atoms with Crippen molar-refractivity contribution in [2.24, 2.45) is 0 Å². The highest BCUT2D eigenvalue weighted by atomic mass is 16.6. The first-order chi connectivity index (χ1) is 16.8. The fraction of sp³-hybridized carbons (Fsp3) is 0.464. The molecular weight excluding hydrogens is 460 g/mol. The SMILES string of the molecule is CC(C)(C)OC(=O)N1CCC(=O)N[C@@H](Cc2ccccc2)C(=O)Oc2c(cccc2OC(C)(C)C)C1. The number of hydrogen-bond acceptors (Lipinski definition) is 6. The number of esters is 1. The zero-order chi connectivity index (χ0) is 26.5. The number of rotatable bonds is 3. The summed E-state index contributed by atoms with van der Waals surface area (Å²) in [5.74, 6) is -0.371. The second-order valence-corrected chi connectivity index (χ2v) is 10.8. The Balaban J connectivity index is 2.02. The Morgan fingerprint density at radius 2 is 1.69 bits per heavy atom. The van der Waals surface area contributed by atoms with Crippen LogP contribution >= 0.6 is 0 Å². The summed E-state index contributed by atoms with van der Waals surface area (Å²) in [6.45, 7) is 11.2. The molecule has 0 spiro atoms. The van der Waals surface area contributed by atoms with Crippen LogP contribution in [0, 0.1) is 0 Å². The van der Waals surface area contributed by atoms with Gasteiger partial charge in [0.1, 0.15) is 17.2 Å². The monoisotopic (exact) mass is 496 g/mol. The van der Waals surface area contributed by atoms with Crippen molar-refractivity contribution in [2.45, 2.75) is 78.2 Å². The van der Waals surface area contributed by atoms with Crippen LogP contribution in [0.25, 0.3) is 0 Å². The van der Waals surface area contributed by atoms with Gasteiger partial charge in [-0.2, -0.15) is 0 Å². The molecule has 1 N–H and O–H groups in total. The molecule has 0 radical (unpaired) electrons. The summed E-state index contributed by atoms with van der Waals surface area (Å²) in [7, 11) is 0. The molecule has 1 atom stereocenters. The van der Waals surface area contributed by atoms with E-state index in [1.165, 1.54) is 4.90 Å². The number of ether oxygens (including phenoxy) is 3. The summed E-state index contributed by atoms with van der Waals surface area (Å²) >= 11 is 0. The Labute approximate surface area is 212 Å². The van der Waals surface area contributed by atoms with E-state index in [9.17, 15) is 14.4 Å². The van der Waals surface area contributed by atoms with E-state index in [2.05, 4.69) is 5.32 Å². The molecule has 2 aromatic carbocycles. The van der Waals surface area contributed by atoms with Gasteiger partial charge in [-0.3, -0.25) is 4.79 Å². The second kappa shape index (κ2) is 11.0. The summed E-state index contributed by atoms with van der Waals surface area (Å²) in [5, 5.41) is 2.79. The van der Waals surface area contributed by atoms with Crippen molar-refractivity contribution >= 4 is 18.0 Å². The van der Waals surface area contributed by atoms with Crippen molar-refractivity contribution in [1.29, 1.82) is 0 Å². The minimum atomic E-state index is -0.913. The molecule has 36 heavy (non-hydrogen) atoms. The van der Waals surface area contributed by atoms with Gasteiger partial charge in [-0.1, -0.05) is 42.5 Å². The highest BCUT2D eigenvalue weighted by molar-refractivity contribution is 5.86. The van der Waals surface area contributed by atoms with Gasteiger partial charge in [-0.15, -0.1) is 0 Å². The highest BCUT2D eigenvalue weighted by Crippen LogP contribution is 2.35. The number of hydrogen-bond donors (Lipinski definition) is 1. The quantitative estimate of drug-likeness (QED) is 0.492. The van der Waals surface area contributed by atoms with Crippen LogP contribution in [-0.4, -0.2) is 46.7 Å². The third-order valence-electron chi connectivity index (χ3n) is 5.20. The van der Waals surface area contributed by atoms with Crippen LogP contribution < -0.4 is 14.8 Å². The lowest BCUT2D eigenvalue weighted by atomic mass is 10.1. The fourth-order valence-corrected chi connectivity index (χ4v) is 3.70. The van der Waals surface area contributed by atoms with E-state index in [4.69, 9.17) is 14.2 Å². The minimum Gasteiger partial charge on any atom is -0.484 e. The van der Waals surface area contributed by atoms with E-state index >= 15 is 0 Å². The van der Waals surface area contributed by atoms with Gasteiger partial charge >= 0.3 is 12.1 Å². The molecule has 3 rings (SSSR count). The molecule has 1 heterocycles. The average molecular weight is 497 g/mol. The number of para-hydroxylation sites is 1. The summed E-state index contributed by atoms with van der Waals surface area (Å²) < 4.78 is 17.6. The van der Waals surface area contributed by atoms with Crippen molar-refractivity contribution in [1.82, 2.24) is 10.2 Å². The first-order valence-corrected chi connectivity index (χ1v) is 12.1. The normalized spacial score (nSPS) is 17.3. The minimum absolute atomic E-state index is 0.00529. The topological polar surface area (TPSA) is 94.2 Å². The average Bonchev–Trinajstić information content (AvgIpc) is 2.78. The number of carbonyl (C=O) groups is 3. The van der Waals surface area contributed by atoms with Gasteiger partial charge in [0.2, 0.25) is 5.91 Å². The lowest BCUT2D eigenvalue weighted by molar-refractivity contribution is -0.139. The zero-order valence-corrected chi connectivity index (χ0v) is 21.9. The van der Waals surface area contributed by atoms with Crippen molar-refractivity contribution in [3.05, 3.63) is 59.7 Å². The molecular formula is C28H36N2O6. The Morgan fingerprint density at radius 3 is 2.33 bits per heavy atom. The predicted octanol–water partition coefficient (Wildman–Crippen LogP) is 4.64. The summed E-state index contributed by atoms with van der Waals surface area (Å²) in [4.78, 5) is 40.6. The van der Waals surface area contributed by atoms with E-state index in [-0.39, 0.29) is 37.6 Å². The standard InChI is InChI=1S/C28H36N2O6/c1-27(2,3)35-22-14-10-13-20-18-30(26(33)36-28(4,5)6)16-15-23(31)29-21(25(32)34-24(20)22)17-19-11-8-7-9-12-19/h7-14,21H,15-18H2,1-6H3,(H,29,31)/t21-/m0/s1. The lowest BCUT2D eigenvalue weighted by Crippen LogP contribution is -2.45. The molecule has 1 aliphatic heterocycles. The summed E-state index contributed by atoms with van der Waals surface area (Å²) in [5.41, 5.74) is 0.183. The molecule has 1 aliphatic rings. The number of benzene rings is 2. The zero-order valence-electron chi connectivity index (χ0n) is 21.9. The van der Waals surface area contributed by atoms with Crippen LogP contribution in [0.15, 0.2) is 48.5 Å². The van der Waals surface area contributed by atoms with Crippen molar-refractivity contribution in [2.75, 3.05) is 6.54 Å². The molecule has 0 unspecified atom stereocenters. The summed E-state index contributed by atoms with van der Waals surface area (Å²) in [6.07, 6.45) is -0.292. The van der Waals surface area contributed by atoms with E-state index in [0.29, 0.717) is 11.3 Å². The van der Waals surface area contributed by atoms with Gasteiger partial charge in [-0.25, -0.2) is 9.59 Å². The molecule has 2 amide bonds. The number of nitrogens with one attached hydrogen (secondary N) is 1. The molecule has 0 saturated heterocycles. The molecule has 0 aliphatic carbocycles. The van der Waals surface area contributed by atoms with E-state index in [1.807, 2.05) is 51.1 Å². The van der Waals surface area contributed by atoms with Crippen LogP contribution in [0.1, 0.15) is 59.1 Å². The Kier molecular flexibility index (Phi) is 8.28. The summed E-state index contributed by atoms with van der Waals surface area (Å²) in [6, 6.07) is 13.8. The second-order valence-electron chi connectivity index (χ2n) is 10.8. The maximum Gasteiger partial charge on any atom is 0.410 e. The van der Waals surface area contributed by atoms with Crippen molar-refractivity contribution in [3.8, 4) is 11.5 Å². The van der Waals surface area contributed by atoms with E-state index in [0.717, 1.165) is 5.56 Å². The van der Waals surface area contributed by atoms with Crippen molar-refractivity contribution in [3.63, 3.8) is 0 Å². The maximum atomic E-state index is 13.4. The van der Waals surface area contributed by atoms with Gasteiger partial charge in [0.25, 0.3) is 0 Å². The van der Waals surface area contributed by atoms with Gasteiger partial charge in [0, 0.05) is 24.9 Å². The third-order valence-corrected chi connectivity index (χ3v) is 5.20. The largest absolute Gasteiger partial charge is 0.484 e. The van der Waals surface area contributed by atoms with Crippen LogP contribution in [-0.2, 0) is 27.3 Å². The fourth-order valence-electron chi connectivity index (χ4n) is 3.70. The predicted molar refractivity (Wildman–Crippen MR) is 136 cm³/mol. The molecule has 194 valence electrons. The number of nitrogens with zero attached hydrogens (tertiary/aromatic N) is 1. The maximum absolute atomic E-state index is 13.4. The molecule has 2 aromatic rings. The van der Waals surface area contributed by atoms with Gasteiger partial charge < -0.3 is 24.4 Å². The van der Waals surface area contributed by atoms with Crippen LogP contribution in [0.5, 0.6) is 11.5 Å². The van der Waals surface area contributed by atoms with Gasteiger partial charge in [0.15, 0.2) is 11.5 Å². The van der Waals surface area contributed by atoms with Gasteiger partial charge in [0.05, 0.1) is 6.54 Å². The van der Waals surface area contributed by atoms with E-state index < -0.39 is 29.3 Å². The molecule has 0 bridgehead atoms. The number of carbonyl (C=O) groups excluding carboxylic acids is 3.